The number of aromatic nitrogens is 5. The number of hydrogen-bond donors (Lipinski definition) is 0. The number of piperidine rings is 1. The van der Waals surface area contributed by atoms with Gasteiger partial charge in [-0.15, -0.1) is 0 Å². The van der Waals surface area contributed by atoms with Gasteiger partial charge >= 0.3 is 0 Å². The Kier molecular flexibility index (Phi) is 3.82. The van der Waals surface area contributed by atoms with E-state index in [2.05, 4.69) is 28.0 Å². The molecule has 7 nitrogen and oxygen atoms in total. The summed E-state index contributed by atoms with van der Waals surface area (Å²) in [5, 5.41) is 4.30. The molecule has 5 rings (SSSR count). The zero-order chi connectivity index (χ0) is 19.5. The topological polar surface area (TPSA) is 68.8 Å². The lowest BCUT2D eigenvalue weighted by Crippen LogP contribution is -2.41. The van der Waals surface area contributed by atoms with Crippen LogP contribution in [0.25, 0.3) is 22.3 Å². The molecule has 0 atom stereocenters. The normalized spacial score (nSPS) is 19.3. The summed E-state index contributed by atoms with van der Waals surface area (Å²) in [6.45, 7) is 3.75. The number of rotatable bonds is 3. The average molecular weight is 378 g/mol. The number of imidazole rings is 1. The van der Waals surface area contributed by atoms with Crippen LogP contribution in [0, 0.1) is 5.41 Å². The predicted octanol–water partition coefficient (Wildman–Crippen LogP) is 2.87. The fourth-order valence-electron chi connectivity index (χ4n) is 4.26. The molecular formula is C21H26N6O. The van der Waals surface area contributed by atoms with Crippen LogP contribution in [0.2, 0.25) is 0 Å². The second kappa shape index (κ2) is 6.15. The van der Waals surface area contributed by atoms with E-state index in [1.54, 1.807) is 4.68 Å². The van der Waals surface area contributed by atoms with Crippen molar-refractivity contribution in [3.63, 3.8) is 0 Å². The van der Waals surface area contributed by atoms with Crippen molar-refractivity contribution in [2.45, 2.75) is 38.5 Å². The molecule has 3 aromatic rings. The Balaban J connectivity index is 1.45. The summed E-state index contributed by atoms with van der Waals surface area (Å²) < 4.78 is 3.84. The Labute approximate surface area is 164 Å². The molecule has 0 radical (unpaired) electrons. The molecule has 0 spiro atoms. The van der Waals surface area contributed by atoms with Crippen LogP contribution in [0.3, 0.4) is 0 Å². The molecule has 0 N–H and O–H groups in total. The van der Waals surface area contributed by atoms with Crippen LogP contribution in [0.15, 0.2) is 24.8 Å². The van der Waals surface area contributed by atoms with E-state index in [0.29, 0.717) is 11.8 Å². The second-order valence-corrected chi connectivity index (χ2v) is 8.65. The molecule has 146 valence electrons. The molecule has 2 fully saturated rings. The van der Waals surface area contributed by atoms with Crippen LogP contribution in [0.4, 0.5) is 0 Å². The van der Waals surface area contributed by atoms with Crippen LogP contribution in [0.1, 0.15) is 44.2 Å². The quantitative estimate of drug-likeness (QED) is 0.703. The summed E-state index contributed by atoms with van der Waals surface area (Å²) in [7, 11) is 3.93. The van der Waals surface area contributed by atoms with Crippen LogP contribution >= 0.6 is 0 Å². The van der Waals surface area contributed by atoms with Crippen molar-refractivity contribution >= 4 is 16.9 Å². The molecule has 0 bridgehead atoms. The van der Waals surface area contributed by atoms with Crippen molar-refractivity contribution < 1.29 is 4.79 Å². The van der Waals surface area contributed by atoms with Gasteiger partial charge in [0.05, 0.1) is 18.0 Å². The highest BCUT2D eigenvalue weighted by Gasteiger charge is 2.47. The summed E-state index contributed by atoms with van der Waals surface area (Å²) in [4.78, 5) is 24.3. The van der Waals surface area contributed by atoms with Gasteiger partial charge in [0, 0.05) is 56.0 Å². The summed E-state index contributed by atoms with van der Waals surface area (Å²) >= 11 is 0. The maximum Gasteiger partial charge on any atom is 0.228 e. The van der Waals surface area contributed by atoms with Crippen molar-refractivity contribution in [1.29, 1.82) is 0 Å². The van der Waals surface area contributed by atoms with E-state index in [-0.39, 0.29) is 5.41 Å². The number of carbonyl (C=O) groups is 1. The number of fused-ring (bicyclic) bond motifs is 1. The third-order valence-corrected chi connectivity index (χ3v) is 6.43. The Morgan fingerprint density at radius 2 is 1.96 bits per heavy atom. The average Bonchev–Trinajstić information content (AvgIpc) is 3.13. The van der Waals surface area contributed by atoms with Gasteiger partial charge in [-0.2, -0.15) is 5.10 Å². The van der Waals surface area contributed by atoms with Gasteiger partial charge in [0.25, 0.3) is 0 Å². The van der Waals surface area contributed by atoms with Gasteiger partial charge in [-0.3, -0.25) is 9.48 Å². The molecule has 0 unspecified atom stereocenters. The first-order valence-electron chi connectivity index (χ1n) is 10.0. The molecule has 1 aliphatic carbocycles. The first-order chi connectivity index (χ1) is 13.4. The molecule has 0 aromatic carbocycles. The minimum absolute atomic E-state index is 0.0772. The number of amides is 1. The molecule has 1 saturated heterocycles. The van der Waals surface area contributed by atoms with Crippen LogP contribution < -0.4 is 0 Å². The lowest BCUT2D eigenvalue weighted by Gasteiger charge is -2.33. The van der Waals surface area contributed by atoms with E-state index in [0.717, 1.165) is 66.8 Å². The number of aryl methyl sites for hydroxylation is 2. The largest absolute Gasteiger partial charge is 0.342 e. The van der Waals surface area contributed by atoms with Gasteiger partial charge in [0.15, 0.2) is 0 Å². The zero-order valence-electron chi connectivity index (χ0n) is 16.7. The highest BCUT2D eigenvalue weighted by Crippen LogP contribution is 2.47. The smallest absolute Gasteiger partial charge is 0.228 e. The third-order valence-electron chi connectivity index (χ3n) is 6.43. The number of likely N-dealkylation sites (tertiary alicyclic amines) is 1. The summed E-state index contributed by atoms with van der Waals surface area (Å²) in [6, 6.07) is 2.17. The van der Waals surface area contributed by atoms with Gasteiger partial charge in [-0.25, -0.2) is 9.97 Å². The molecule has 1 aliphatic heterocycles. The van der Waals surface area contributed by atoms with Crippen LogP contribution in [0.5, 0.6) is 0 Å². The van der Waals surface area contributed by atoms with Gasteiger partial charge in [-0.05, 0) is 31.7 Å². The molecule has 28 heavy (non-hydrogen) atoms. The minimum atomic E-state index is -0.0772. The van der Waals surface area contributed by atoms with Crippen LogP contribution in [-0.4, -0.2) is 48.2 Å². The van der Waals surface area contributed by atoms with Crippen molar-refractivity contribution in [2.75, 3.05) is 13.1 Å². The number of carbonyl (C=O) groups excluding carboxylic acids is 1. The predicted molar refractivity (Wildman–Crippen MR) is 107 cm³/mol. The second-order valence-electron chi connectivity index (χ2n) is 8.65. The van der Waals surface area contributed by atoms with Crippen molar-refractivity contribution in [2.24, 2.45) is 19.5 Å². The molecule has 4 heterocycles. The van der Waals surface area contributed by atoms with E-state index < -0.39 is 0 Å². The molecular weight excluding hydrogens is 352 g/mol. The van der Waals surface area contributed by atoms with Crippen LogP contribution in [-0.2, 0) is 18.9 Å². The highest BCUT2D eigenvalue weighted by atomic mass is 16.2. The summed E-state index contributed by atoms with van der Waals surface area (Å²) in [5.74, 6) is 0.711. The lowest BCUT2D eigenvalue weighted by molar-refractivity contribution is -0.137. The first-order valence-corrected chi connectivity index (χ1v) is 10.0. The molecule has 3 aromatic heterocycles. The molecule has 2 aliphatic rings. The fourth-order valence-corrected chi connectivity index (χ4v) is 4.26. The Morgan fingerprint density at radius 3 is 2.61 bits per heavy atom. The van der Waals surface area contributed by atoms with Gasteiger partial charge < -0.3 is 9.47 Å². The molecule has 1 saturated carbocycles. The Hall–Kier alpha value is -2.70. The van der Waals surface area contributed by atoms with Crippen molar-refractivity contribution in [3.05, 3.63) is 30.5 Å². The standard InChI is InChI=1S/C21H26N6O/c1-21(6-7-21)20(28)27-8-4-14(5-9-27)16-10-17-19(22-13-25(17)2)18(24-16)15-11-23-26(3)12-15/h10-14H,4-9H2,1-3H3. The van der Waals surface area contributed by atoms with E-state index in [1.807, 2.05) is 37.4 Å². The highest BCUT2D eigenvalue weighted by molar-refractivity contribution is 5.89. The van der Waals surface area contributed by atoms with Crippen molar-refractivity contribution in [3.8, 4) is 11.3 Å². The summed E-state index contributed by atoms with van der Waals surface area (Å²) in [6.07, 6.45) is 9.68. The number of pyridine rings is 1. The van der Waals surface area contributed by atoms with Gasteiger partial charge in [0.2, 0.25) is 5.91 Å². The van der Waals surface area contributed by atoms with Gasteiger partial charge in [-0.1, -0.05) is 6.92 Å². The third kappa shape index (κ3) is 2.80. The lowest BCUT2D eigenvalue weighted by atomic mass is 9.91. The number of nitrogens with zero attached hydrogens (tertiary/aromatic N) is 6. The van der Waals surface area contributed by atoms with E-state index in [4.69, 9.17) is 4.98 Å². The summed E-state index contributed by atoms with van der Waals surface area (Å²) in [5.41, 5.74) is 4.90. The number of hydrogen-bond acceptors (Lipinski definition) is 4. The van der Waals surface area contributed by atoms with E-state index in [1.165, 1.54) is 0 Å². The first kappa shape index (κ1) is 17.4. The fraction of sp³-hybridized carbons (Fsp3) is 0.524. The molecule has 7 heteroatoms. The zero-order valence-corrected chi connectivity index (χ0v) is 16.7. The maximum atomic E-state index is 12.6. The van der Waals surface area contributed by atoms with Crippen molar-refractivity contribution in [1.82, 2.24) is 29.2 Å². The Morgan fingerprint density at radius 1 is 1.21 bits per heavy atom. The molecule has 1 amide bonds. The SMILES string of the molecule is Cn1cc(-c2nc(C3CCN(C(=O)C4(C)CC4)CC3)cc3c2ncn3C)cn1. The van der Waals surface area contributed by atoms with E-state index >= 15 is 0 Å². The maximum absolute atomic E-state index is 12.6. The van der Waals surface area contributed by atoms with Gasteiger partial charge in [0.1, 0.15) is 11.2 Å². The monoisotopic (exact) mass is 378 g/mol. The Bertz CT molecular complexity index is 1050. The van der Waals surface area contributed by atoms with E-state index in [9.17, 15) is 4.79 Å². The minimum Gasteiger partial charge on any atom is -0.342 e.